The molecule has 0 bridgehead atoms. The highest BCUT2D eigenvalue weighted by molar-refractivity contribution is 5.85. The predicted octanol–water partition coefficient (Wildman–Crippen LogP) is 2.80. The first kappa shape index (κ1) is 12.3. The minimum absolute atomic E-state index is 0.0596. The summed E-state index contributed by atoms with van der Waals surface area (Å²) >= 11 is 0. The predicted molar refractivity (Wildman–Crippen MR) is 77.1 cm³/mol. The molecule has 19 heavy (non-hydrogen) atoms. The van der Waals surface area contributed by atoms with E-state index in [9.17, 15) is 4.79 Å². The molecule has 3 nitrogen and oxygen atoms in total. The van der Waals surface area contributed by atoms with Crippen LogP contribution in [0.4, 0.5) is 0 Å². The van der Waals surface area contributed by atoms with Crippen molar-refractivity contribution in [3.63, 3.8) is 0 Å². The van der Waals surface area contributed by atoms with Gasteiger partial charge < -0.3 is 10.3 Å². The number of H-pyrrole nitrogens is 1. The standard InChI is InChI=1S/C16H20N2O/c1-10(2)16(19)17-11-7-8-15-13(9-11)12-5-3-4-6-14(12)18-15/h3-6,10-11,18H,7-9H2,1-2H3,(H,17,19). The van der Waals surface area contributed by atoms with Crippen molar-refractivity contribution in [3.05, 3.63) is 35.5 Å². The highest BCUT2D eigenvalue weighted by Crippen LogP contribution is 2.29. The number of benzene rings is 1. The SMILES string of the molecule is CC(C)C(=O)NC1CCc2[nH]c3ccccc3c2C1. The summed E-state index contributed by atoms with van der Waals surface area (Å²) < 4.78 is 0. The molecular weight excluding hydrogens is 236 g/mol. The molecule has 1 amide bonds. The second kappa shape index (κ2) is 4.72. The third-order valence-electron chi connectivity index (χ3n) is 3.97. The van der Waals surface area contributed by atoms with Crippen LogP contribution >= 0.6 is 0 Å². The van der Waals surface area contributed by atoms with Crippen LogP contribution in [0.15, 0.2) is 24.3 Å². The Morgan fingerprint density at radius 3 is 2.95 bits per heavy atom. The number of carbonyl (C=O) groups excluding carboxylic acids is 1. The van der Waals surface area contributed by atoms with Gasteiger partial charge in [-0.15, -0.1) is 0 Å². The number of hydrogen-bond donors (Lipinski definition) is 2. The summed E-state index contributed by atoms with van der Waals surface area (Å²) in [4.78, 5) is 15.3. The van der Waals surface area contributed by atoms with E-state index >= 15 is 0 Å². The lowest BCUT2D eigenvalue weighted by Crippen LogP contribution is -2.40. The van der Waals surface area contributed by atoms with Crippen molar-refractivity contribution in [2.75, 3.05) is 0 Å². The molecule has 1 aromatic carbocycles. The Morgan fingerprint density at radius 2 is 2.16 bits per heavy atom. The molecule has 0 fully saturated rings. The minimum Gasteiger partial charge on any atom is -0.358 e. The first-order valence-electron chi connectivity index (χ1n) is 7.04. The van der Waals surface area contributed by atoms with Crippen molar-refractivity contribution >= 4 is 16.8 Å². The fraction of sp³-hybridized carbons (Fsp3) is 0.438. The number of aromatic nitrogens is 1. The number of amides is 1. The van der Waals surface area contributed by atoms with Gasteiger partial charge in [0.2, 0.25) is 5.91 Å². The molecule has 0 spiro atoms. The van der Waals surface area contributed by atoms with Gasteiger partial charge in [-0.3, -0.25) is 4.79 Å². The molecule has 100 valence electrons. The molecular formula is C16H20N2O. The topological polar surface area (TPSA) is 44.9 Å². The van der Waals surface area contributed by atoms with Gasteiger partial charge in [-0.05, 0) is 30.9 Å². The second-order valence-electron chi connectivity index (χ2n) is 5.73. The molecule has 1 atom stereocenters. The average molecular weight is 256 g/mol. The van der Waals surface area contributed by atoms with Gasteiger partial charge in [0.05, 0.1) is 0 Å². The van der Waals surface area contributed by atoms with E-state index in [1.807, 2.05) is 13.8 Å². The minimum atomic E-state index is 0.0596. The molecule has 1 aromatic heterocycles. The van der Waals surface area contributed by atoms with E-state index in [0.717, 1.165) is 19.3 Å². The van der Waals surface area contributed by atoms with Gasteiger partial charge in [0.25, 0.3) is 0 Å². The Hall–Kier alpha value is -1.77. The molecule has 3 heteroatoms. The number of hydrogen-bond acceptors (Lipinski definition) is 1. The molecule has 3 rings (SSSR count). The van der Waals surface area contributed by atoms with E-state index in [-0.39, 0.29) is 17.9 Å². The summed E-state index contributed by atoms with van der Waals surface area (Å²) in [7, 11) is 0. The van der Waals surface area contributed by atoms with Gasteiger partial charge in [-0.25, -0.2) is 0 Å². The molecule has 2 N–H and O–H groups in total. The molecule has 0 saturated heterocycles. The van der Waals surface area contributed by atoms with Crippen molar-refractivity contribution in [2.24, 2.45) is 5.92 Å². The van der Waals surface area contributed by atoms with Crippen molar-refractivity contribution in [3.8, 4) is 0 Å². The fourth-order valence-electron chi connectivity index (χ4n) is 2.86. The van der Waals surface area contributed by atoms with Gasteiger partial charge in [-0.2, -0.15) is 0 Å². The normalized spacial score (nSPS) is 18.6. The van der Waals surface area contributed by atoms with E-state index in [1.165, 1.54) is 22.2 Å². The van der Waals surface area contributed by atoms with Crippen LogP contribution in [-0.2, 0) is 17.6 Å². The summed E-state index contributed by atoms with van der Waals surface area (Å²) in [6.07, 6.45) is 2.99. The monoisotopic (exact) mass is 256 g/mol. The summed E-state index contributed by atoms with van der Waals surface area (Å²) in [6, 6.07) is 8.70. The van der Waals surface area contributed by atoms with Crippen molar-refractivity contribution in [1.82, 2.24) is 10.3 Å². The third-order valence-corrected chi connectivity index (χ3v) is 3.97. The molecule has 1 aliphatic carbocycles. The van der Waals surface area contributed by atoms with Crippen LogP contribution in [0.1, 0.15) is 31.5 Å². The molecule has 1 heterocycles. The summed E-state index contributed by atoms with van der Waals surface area (Å²) in [5, 5.41) is 4.47. The molecule has 0 radical (unpaired) electrons. The number of carbonyl (C=O) groups is 1. The Kier molecular flexibility index (Phi) is 3.05. The van der Waals surface area contributed by atoms with E-state index < -0.39 is 0 Å². The lowest BCUT2D eigenvalue weighted by atomic mass is 9.91. The van der Waals surface area contributed by atoms with Crippen LogP contribution in [0, 0.1) is 5.92 Å². The number of nitrogens with one attached hydrogen (secondary N) is 2. The Morgan fingerprint density at radius 1 is 1.37 bits per heavy atom. The molecule has 1 unspecified atom stereocenters. The first-order chi connectivity index (χ1) is 9.15. The van der Waals surface area contributed by atoms with Gasteiger partial charge in [-0.1, -0.05) is 32.0 Å². The Bertz CT molecular complexity index is 612. The zero-order valence-electron chi connectivity index (χ0n) is 11.5. The number of aryl methyl sites for hydroxylation is 1. The van der Waals surface area contributed by atoms with Crippen LogP contribution in [-0.4, -0.2) is 16.9 Å². The number of aromatic amines is 1. The number of fused-ring (bicyclic) bond motifs is 3. The summed E-state index contributed by atoms with van der Waals surface area (Å²) in [6.45, 7) is 3.88. The third kappa shape index (κ3) is 2.25. The Balaban J connectivity index is 1.85. The first-order valence-corrected chi connectivity index (χ1v) is 7.04. The lowest BCUT2D eigenvalue weighted by Gasteiger charge is -2.24. The lowest BCUT2D eigenvalue weighted by molar-refractivity contribution is -0.124. The average Bonchev–Trinajstić information content (AvgIpc) is 2.76. The van der Waals surface area contributed by atoms with Crippen LogP contribution in [0.25, 0.3) is 10.9 Å². The number of rotatable bonds is 2. The van der Waals surface area contributed by atoms with Crippen molar-refractivity contribution in [1.29, 1.82) is 0 Å². The second-order valence-corrected chi connectivity index (χ2v) is 5.73. The van der Waals surface area contributed by atoms with Crippen LogP contribution in [0.3, 0.4) is 0 Å². The van der Waals surface area contributed by atoms with Crippen molar-refractivity contribution in [2.45, 2.75) is 39.2 Å². The van der Waals surface area contributed by atoms with E-state index in [1.54, 1.807) is 0 Å². The smallest absolute Gasteiger partial charge is 0.222 e. The summed E-state index contributed by atoms with van der Waals surface area (Å²) in [5.74, 6) is 0.220. The zero-order valence-corrected chi connectivity index (χ0v) is 11.5. The van der Waals surface area contributed by atoms with Crippen LogP contribution in [0.2, 0.25) is 0 Å². The maximum absolute atomic E-state index is 11.8. The van der Waals surface area contributed by atoms with Gasteiger partial charge in [0.1, 0.15) is 0 Å². The van der Waals surface area contributed by atoms with Gasteiger partial charge >= 0.3 is 0 Å². The Labute approximate surface area is 113 Å². The molecule has 0 aliphatic heterocycles. The van der Waals surface area contributed by atoms with Crippen LogP contribution < -0.4 is 5.32 Å². The molecule has 0 saturated carbocycles. The maximum Gasteiger partial charge on any atom is 0.222 e. The largest absolute Gasteiger partial charge is 0.358 e. The highest BCUT2D eigenvalue weighted by atomic mass is 16.1. The number of para-hydroxylation sites is 1. The molecule has 1 aliphatic rings. The highest BCUT2D eigenvalue weighted by Gasteiger charge is 2.23. The van der Waals surface area contributed by atoms with Crippen LogP contribution in [0.5, 0.6) is 0 Å². The molecule has 2 aromatic rings. The van der Waals surface area contributed by atoms with E-state index in [0.29, 0.717) is 0 Å². The van der Waals surface area contributed by atoms with E-state index in [2.05, 4.69) is 34.6 Å². The zero-order chi connectivity index (χ0) is 13.4. The fourth-order valence-corrected chi connectivity index (χ4v) is 2.86. The summed E-state index contributed by atoms with van der Waals surface area (Å²) in [5.41, 5.74) is 3.94. The quantitative estimate of drug-likeness (QED) is 0.852. The van der Waals surface area contributed by atoms with Gasteiger partial charge in [0.15, 0.2) is 0 Å². The van der Waals surface area contributed by atoms with Gasteiger partial charge in [0, 0.05) is 28.6 Å². The van der Waals surface area contributed by atoms with Crippen molar-refractivity contribution < 1.29 is 4.79 Å². The van der Waals surface area contributed by atoms with E-state index in [4.69, 9.17) is 0 Å². The maximum atomic E-state index is 11.8.